The number of non-ortho nitro benzene ring substituents is 1. The topological polar surface area (TPSA) is 123 Å². The average molecular weight is 249 g/mol. The highest BCUT2D eigenvalue weighted by molar-refractivity contribution is 6.65. The quantitative estimate of drug-likeness (QED) is 0.113. The van der Waals surface area contributed by atoms with Crippen LogP contribution in [0.4, 0.5) is 5.69 Å². The maximum absolute atomic E-state index is 11.7. The van der Waals surface area contributed by atoms with Crippen molar-refractivity contribution in [3.63, 3.8) is 0 Å². The summed E-state index contributed by atoms with van der Waals surface area (Å²) < 4.78 is 4.24. The van der Waals surface area contributed by atoms with Crippen LogP contribution >= 0.6 is 0 Å². The molecule has 0 aliphatic carbocycles. The van der Waals surface area contributed by atoms with Crippen LogP contribution in [0.3, 0.4) is 0 Å². The lowest BCUT2D eigenvalue weighted by molar-refractivity contribution is -0.384. The largest absolute Gasteiger partial charge is 0.460 e. The van der Waals surface area contributed by atoms with Gasteiger partial charge in [0.05, 0.1) is 12.0 Å². The number of carbonyl (C=O) groups is 2. The molecule has 8 nitrogen and oxygen atoms in total. The molecule has 0 aromatic heterocycles. The molecule has 1 aromatic carbocycles. The van der Waals surface area contributed by atoms with Crippen molar-refractivity contribution in [2.45, 2.75) is 0 Å². The van der Waals surface area contributed by atoms with E-state index in [1.54, 1.807) is 0 Å². The molecule has 0 unspecified atom stereocenters. The van der Waals surface area contributed by atoms with Crippen LogP contribution in [-0.2, 0) is 9.53 Å². The Labute approximate surface area is 101 Å². The van der Waals surface area contributed by atoms with Crippen molar-refractivity contribution < 1.29 is 24.0 Å². The van der Waals surface area contributed by atoms with Gasteiger partial charge in [-0.15, -0.1) is 0 Å². The lowest BCUT2D eigenvalue weighted by Gasteiger charge is -1.96. The molecule has 8 heteroatoms. The van der Waals surface area contributed by atoms with E-state index in [1.165, 1.54) is 18.2 Å². The number of benzene rings is 1. The van der Waals surface area contributed by atoms with Gasteiger partial charge in [-0.3, -0.25) is 14.9 Å². The minimum Gasteiger partial charge on any atom is -0.460 e. The molecular weight excluding hydrogens is 242 g/mol. The van der Waals surface area contributed by atoms with Gasteiger partial charge in [0.25, 0.3) is 11.5 Å². The van der Waals surface area contributed by atoms with E-state index in [2.05, 4.69) is 9.53 Å². The van der Waals surface area contributed by atoms with Crippen molar-refractivity contribution in [3.05, 3.63) is 45.5 Å². The highest BCUT2D eigenvalue weighted by Gasteiger charge is 2.32. The fourth-order valence-corrected chi connectivity index (χ4v) is 1.17. The van der Waals surface area contributed by atoms with Crippen molar-refractivity contribution in [1.29, 1.82) is 0 Å². The van der Waals surface area contributed by atoms with Gasteiger partial charge in [0.1, 0.15) is 0 Å². The summed E-state index contributed by atoms with van der Waals surface area (Å²) in [6.07, 6.45) is 0. The van der Waals surface area contributed by atoms with Crippen LogP contribution in [0.1, 0.15) is 10.4 Å². The zero-order valence-corrected chi connectivity index (χ0v) is 9.19. The molecule has 92 valence electrons. The summed E-state index contributed by atoms with van der Waals surface area (Å²) in [6, 6.07) is 4.68. The Hall–Kier alpha value is -2.86. The summed E-state index contributed by atoms with van der Waals surface area (Å²) in [5, 5.41) is 10.5. The van der Waals surface area contributed by atoms with Gasteiger partial charge in [-0.25, -0.2) is 4.79 Å². The lowest BCUT2D eigenvalue weighted by Crippen LogP contribution is -2.26. The van der Waals surface area contributed by atoms with Gasteiger partial charge in [-0.2, -0.15) is 4.79 Å². The molecule has 0 atom stereocenters. The monoisotopic (exact) mass is 249 g/mol. The zero-order valence-electron chi connectivity index (χ0n) is 9.19. The fraction of sp³-hybridized carbons (Fsp3) is 0.100. The average Bonchev–Trinajstić information content (AvgIpc) is 2.39. The summed E-state index contributed by atoms with van der Waals surface area (Å²) >= 11 is 0. The first-order valence-electron chi connectivity index (χ1n) is 4.60. The predicted octanol–water partition coefficient (Wildman–Crippen LogP) is 0.621. The van der Waals surface area contributed by atoms with Gasteiger partial charge in [0.15, 0.2) is 0 Å². The van der Waals surface area contributed by atoms with Crippen LogP contribution in [0.2, 0.25) is 0 Å². The normalized spacial score (nSPS) is 9.17. The Bertz CT molecular complexity index is 575. The molecule has 0 saturated heterocycles. The molecular formula is C10H7N3O5. The molecule has 0 bridgehead atoms. The molecule has 18 heavy (non-hydrogen) atoms. The first kappa shape index (κ1) is 13.2. The van der Waals surface area contributed by atoms with E-state index < -0.39 is 22.4 Å². The highest BCUT2D eigenvalue weighted by Crippen LogP contribution is 2.13. The van der Waals surface area contributed by atoms with E-state index in [9.17, 15) is 19.7 Å². The van der Waals surface area contributed by atoms with Gasteiger partial charge in [-0.1, -0.05) is 12.1 Å². The summed E-state index contributed by atoms with van der Waals surface area (Å²) in [7, 11) is 1.01. The second kappa shape index (κ2) is 5.46. The summed E-state index contributed by atoms with van der Waals surface area (Å²) in [5.74, 6) is -2.10. The summed E-state index contributed by atoms with van der Waals surface area (Å²) in [5.41, 5.74) is 7.25. The van der Waals surface area contributed by atoms with Crippen molar-refractivity contribution in [1.82, 2.24) is 0 Å². The van der Waals surface area contributed by atoms with Crippen molar-refractivity contribution in [3.8, 4) is 0 Å². The van der Waals surface area contributed by atoms with Crippen molar-refractivity contribution in [2.75, 3.05) is 7.11 Å². The van der Waals surface area contributed by atoms with Crippen LogP contribution in [0.5, 0.6) is 0 Å². The van der Waals surface area contributed by atoms with Crippen LogP contribution in [0.25, 0.3) is 5.53 Å². The van der Waals surface area contributed by atoms with E-state index in [1.807, 2.05) is 0 Å². The van der Waals surface area contributed by atoms with Gasteiger partial charge < -0.3 is 10.3 Å². The number of carbonyl (C=O) groups excluding carboxylic acids is 2. The predicted molar refractivity (Wildman–Crippen MR) is 58.1 cm³/mol. The molecule has 0 saturated carbocycles. The molecule has 0 amide bonds. The Balaban J connectivity index is 3.18. The van der Waals surface area contributed by atoms with E-state index in [0.29, 0.717) is 0 Å². The fourth-order valence-electron chi connectivity index (χ4n) is 1.17. The molecule has 1 aromatic rings. The van der Waals surface area contributed by atoms with Crippen LogP contribution in [0, 0.1) is 10.1 Å². The number of methoxy groups -OCH3 is 1. The van der Waals surface area contributed by atoms with Gasteiger partial charge in [0.2, 0.25) is 0 Å². The Morgan fingerprint density at radius 3 is 2.61 bits per heavy atom. The summed E-state index contributed by atoms with van der Waals surface area (Å²) in [6.45, 7) is 0. The minimum absolute atomic E-state index is 0.151. The molecule has 0 spiro atoms. The number of Topliss-reactive ketones (excluding diaryl/α,β-unsaturated/α-hetero) is 1. The highest BCUT2D eigenvalue weighted by atomic mass is 16.6. The SMILES string of the molecule is COC(=O)C(=[N+]=[N-])C(=O)c1cccc([N+](=O)[O-])c1. The van der Waals surface area contributed by atoms with Gasteiger partial charge in [0, 0.05) is 17.7 Å². The van der Waals surface area contributed by atoms with E-state index >= 15 is 0 Å². The van der Waals surface area contributed by atoms with Crippen LogP contribution in [0.15, 0.2) is 24.3 Å². The Morgan fingerprint density at radius 2 is 2.11 bits per heavy atom. The third kappa shape index (κ3) is 2.63. The van der Waals surface area contributed by atoms with E-state index in [-0.39, 0.29) is 11.3 Å². The van der Waals surface area contributed by atoms with E-state index in [4.69, 9.17) is 5.53 Å². The molecule has 0 heterocycles. The van der Waals surface area contributed by atoms with E-state index in [0.717, 1.165) is 13.2 Å². The smallest absolute Gasteiger partial charge is 0.446 e. The maximum atomic E-state index is 11.7. The number of nitro groups is 1. The number of rotatable bonds is 4. The molecule has 1 rings (SSSR count). The molecule has 0 aliphatic rings. The second-order valence-corrected chi connectivity index (χ2v) is 3.08. The summed E-state index contributed by atoms with van der Waals surface area (Å²) in [4.78, 5) is 35.2. The molecule has 0 aliphatic heterocycles. The Morgan fingerprint density at radius 1 is 1.44 bits per heavy atom. The first-order valence-corrected chi connectivity index (χ1v) is 4.60. The molecule has 0 fully saturated rings. The maximum Gasteiger partial charge on any atom is 0.446 e. The van der Waals surface area contributed by atoms with Gasteiger partial charge in [-0.05, 0) is 0 Å². The number of nitro benzene ring substituents is 1. The van der Waals surface area contributed by atoms with Crippen LogP contribution in [-0.4, -0.2) is 34.3 Å². The zero-order chi connectivity index (χ0) is 13.7. The molecule has 0 radical (unpaired) electrons. The van der Waals surface area contributed by atoms with Gasteiger partial charge >= 0.3 is 11.7 Å². The first-order chi connectivity index (χ1) is 8.51. The third-order valence-electron chi connectivity index (χ3n) is 2.01. The lowest BCUT2D eigenvalue weighted by atomic mass is 10.1. The Kier molecular flexibility index (Phi) is 4.01. The van der Waals surface area contributed by atoms with Crippen molar-refractivity contribution in [2.24, 2.45) is 0 Å². The number of esters is 1. The number of ether oxygens (including phenoxy) is 1. The molecule has 0 N–H and O–H groups in total. The van der Waals surface area contributed by atoms with Crippen molar-refractivity contribution >= 4 is 23.2 Å². The number of hydrogen-bond acceptors (Lipinski definition) is 5. The standard InChI is InChI=1S/C10H7N3O5/c1-18-10(15)8(12-11)9(14)6-3-2-4-7(5-6)13(16)17/h2-5H,1H3. The number of ketones is 1. The second-order valence-electron chi connectivity index (χ2n) is 3.08. The minimum atomic E-state index is -1.13. The van der Waals surface area contributed by atoms with Crippen LogP contribution < -0.4 is 0 Å². The number of hydrogen-bond donors (Lipinski definition) is 0. The third-order valence-corrected chi connectivity index (χ3v) is 2.01. The number of nitrogens with zero attached hydrogens (tertiary/aromatic N) is 3.